The molecule has 0 aliphatic carbocycles. The maximum atomic E-state index is 2.47. The van der Waals surface area contributed by atoms with Gasteiger partial charge in [0, 0.05) is 34.4 Å². The number of anilines is 2. The summed E-state index contributed by atoms with van der Waals surface area (Å²) in [5.41, 5.74) is 12.9. The Bertz CT molecular complexity index is 1930. The molecule has 0 atom stereocenters. The van der Waals surface area contributed by atoms with Crippen LogP contribution in [0.2, 0.25) is 0 Å². The number of para-hydroxylation sites is 4. The molecule has 243 valence electrons. The van der Waals surface area contributed by atoms with Crippen LogP contribution in [0.15, 0.2) is 122 Å². The molecule has 0 fully saturated rings. The van der Waals surface area contributed by atoms with E-state index in [4.69, 9.17) is 0 Å². The van der Waals surface area contributed by atoms with Crippen molar-refractivity contribution in [3.8, 4) is 5.69 Å². The zero-order valence-corrected chi connectivity index (χ0v) is 29.7. The van der Waals surface area contributed by atoms with Crippen LogP contribution in [-0.2, 0) is 0 Å². The van der Waals surface area contributed by atoms with Crippen molar-refractivity contribution in [1.29, 1.82) is 0 Å². The number of nitrogens with zero attached hydrogens (tertiary/aromatic N) is 3. The topological polar surface area (TPSA) is 11.4 Å². The highest BCUT2D eigenvalue weighted by atomic mass is 15.4. The zero-order valence-electron chi connectivity index (χ0n) is 29.7. The van der Waals surface area contributed by atoms with Crippen molar-refractivity contribution in [2.45, 2.75) is 79.1 Å². The van der Waals surface area contributed by atoms with Crippen molar-refractivity contribution < 1.29 is 0 Å². The Kier molecular flexibility index (Phi) is 8.41. The van der Waals surface area contributed by atoms with Gasteiger partial charge in [-0.15, -0.1) is 0 Å². The van der Waals surface area contributed by atoms with Crippen LogP contribution in [-0.4, -0.2) is 4.57 Å². The summed E-state index contributed by atoms with van der Waals surface area (Å²) < 4.78 is 2.40. The Morgan fingerprint density at radius 3 is 1.15 bits per heavy atom. The lowest BCUT2D eigenvalue weighted by Gasteiger charge is -2.37. The van der Waals surface area contributed by atoms with E-state index in [1.54, 1.807) is 0 Å². The van der Waals surface area contributed by atoms with Crippen LogP contribution in [0.5, 0.6) is 0 Å². The Labute approximate surface area is 287 Å². The number of rotatable bonds is 8. The number of hydrogen-bond donors (Lipinski definition) is 0. The molecule has 5 aromatic carbocycles. The predicted molar refractivity (Wildman–Crippen MR) is 206 cm³/mol. The van der Waals surface area contributed by atoms with Gasteiger partial charge in [0.15, 0.2) is 6.17 Å². The van der Waals surface area contributed by atoms with Gasteiger partial charge in [0.2, 0.25) is 0 Å². The summed E-state index contributed by atoms with van der Waals surface area (Å²) >= 11 is 0. The summed E-state index contributed by atoms with van der Waals surface area (Å²) in [5, 5.41) is 2.56. The Morgan fingerprint density at radius 1 is 0.396 bits per heavy atom. The molecule has 48 heavy (non-hydrogen) atoms. The lowest BCUT2D eigenvalue weighted by Crippen LogP contribution is -2.34. The highest BCUT2D eigenvalue weighted by molar-refractivity contribution is 6.09. The molecule has 2 heterocycles. The number of benzene rings is 5. The van der Waals surface area contributed by atoms with Gasteiger partial charge in [0.25, 0.3) is 0 Å². The second kappa shape index (κ2) is 12.7. The third-order valence-corrected chi connectivity index (χ3v) is 9.95. The molecule has 3 nitrogen and oxygen atoms in total. The Balaban J connectivity index is 1.44. The van der Waals surface area contributed by atoms with Gasteiger partial charge in [-0.05, 0) is 70.2 Å². The molecule has 0 saturated heterocycles. The fourth-order valence-electron chi connectivity index (χ4n) is 7.57. The van der Waals surface area contributed by atoms with Crippen LogP contribution in [0.25, 0.3) is 27.5 Å². The second-order valence-electron chi connectivity index (χ2n) is 14.5. The van der Waals surface area contributed by atoms with E-state index in [9.17, 15) is 0 Å². The predicted octanol–water partition coefficient (Wildman–Crippen LogP) is 12.6. The third kappa shape index (κ3) is 5.30. The van der Waals surface area contributed by atoms with Crippen LogP contribution in [0.1, 0.15) is 107 Å². The van der Waals surface area contributed by atoms with Gasteiger partial charge in [-0.2, -0.15) is 0 Å². The molecule has 1 aliphatic rings. The van der Waals surface area contributed by atoms with Crippen molar-refractivity contribution >= 4 is 33.2 Å². The maximum absolute atomic E-state index is 2.47. The van der Waals surface area contributed by atoms with Gasteiger partial charge >= 0.3 is 0 Å². The normalized spacial score (nSPS) is 13.9. The van der Waals surface area contributed by atoms with Gasteiger partial charge in [-0.25, -0.2) is 0 Å². The van der Waals surface area contributed by atoms with Gasteiger partial charge in [0.05, 0.1) is 22.4 Å². The molecule has 0 amide bonds. The van der Waals surface area contributed by atoms with E-state index in [-0.39, 0.29) is 0 Å². The molecule has 0 saturated carbocycles. The van der Waals surface area contributed by atoms with E-state index in [1.807, 2.05) is 0 Å². The second-order valence-corrected chi connectivity index (χ2v) is 14.5. The monoisotopic (exact) mass is 630 g/mol. The summed E-state index contributed by atoms with van der Waals surface area (Å²) in [6.45, 7) is 18.5. The van der Waals surface area contributed by atoms with E-state index >= 15 is 0 Å². The first kappa shape index (κ1) is 31.8. The lowest BCUT2D eigenvalue weighted by atomic mass is 9.90. The van der Waals surface area contributed by atoms with Crippen LogP contribution >= 0.6 is 0 Å². The molecule has 0 bridgehead atoms. The highest BCUT2D eigenvalue weighted by Gasteiger charge is 2.37. The van der Waals surface area contributed by atoms with Gasteiger partial charge in [-0.1, -0.05) is 140 Å². The van der Waals surface area contributed by atoms with Crippen molar-refractivity contribution in [2.24, 2.45) is 0 Å². The summed E-state index contributed by atoms with van der Waals surface area (Å²) in [5.74, 6) is 1.53. The minimum Gasteiger partial charge on any atom is -0.314 e. The fraction of sp³-hybridized carbons (Fsp3) is 0.267. The van der Waals surface area contributed by atoms with Crippen LogP contribution < -0.4 is 9.80 Å². The standard InChI is InChI=1S/C45H48N3/c1-29(2)35-17-13-18-36(30(3)4)43(35)46-27-28-47(44-37(31(5)6)19-14-20-38(44)32(7)8)45(46)33-23-25-34(26-24-33)48-41-21-11-9-15-39(41)40-16-10-12-22-42(40)48/h9-32H,1-8H3. The number of fused-ring (bicyclic) bond motifs is 3. The SMILES string of the molecule is CC(C)c1cccc(C(C)C)c1N1C=CN(c2c(C(C)C)cccc2C(C)C)[C]1c1ccc(-n2c3ccccc3c3ccccc32)cc1. The first-order valence-corrected chi connectivity index (χ1v) is 17.7. The average molecular weight is 631 g/mol. The average Bonchev–Trinajstić information content (AvgIpc) is 3.67. The first-order valence-electron chi connectivity index (χ1n) is 17.7. The molecule has 1 radical (unpaired) electrons. The fourth-order valence-corrected chi connectivity index (χ4v) is 7.57. The van der Waals surface area contributed by atoms with E-state index < -0.39 is 0 Å². The van der Waals surface area contributed by atoms with E-state index in [2.05, 4.69) is 191 Å². The third-order valence-electron chi connectivity index (χ3n) is 9.95. The number of hydrogen-bond acceptors (Lipinski definition) is 2. The molecular formula is C45H48N3. The van der Waals surface area contributed by atoms with Crippen LogP contribution in [0, 0.1) is 6.17 Å². The van der Waals surface area contributed by atoms with Crippen LogP contribution in [0.4, 0.5) is 11.4 Å². The van der Waals surface area contributed by atoms with Crippen molar-refractivity contribution in [3.05, 3.63) is 156 Å². The molecule has 3 heteroatoms. The molecule has 6 aromatic rings. The summed E-state index contributed by atoms with van der Waals surface area (Å²) in [6, 6.07) is 40.4. The summed E-state index contributed by atoms with van der Waals surface area (Å²) in [7, 11) is 0. The molecule has 7 rings (SSSR count). The van der Waals surface area contributed by atoms with Gasteiger partial charge < -0.3 is 14.4 Å². The first-order chi connectivity index (χ1) is 23.2. The van der Waals surface area contributed by atoms with Crippen molar-refractivity contribution in [3.63, 3.8) is 0 Å². The molecule has 0 N–H and O–H groups in total. The molecule has 1 aromatic heterocycles. The largest absolute Gasteiger partial charge is 0.314 e. The smallest absolute Gasteiger partial charge is 0.195 e. The lowest BCUT2D eigenvalue weighted by molar-refractivity contribution is 0.804. The van der Waals surface area contributed by atoms with E-state index in [1.165, 1.54) is 67.2 Å². The molecule has 1 aliphatic heterocycles. The maximum Gasteiger partial charge on any atom is 0.195 e. The molecule has 0 spiro atoms. The highest BCUT2D eigenvalue weighted by Crippen LogP contribution is 2.47. The van der Waals surface area contributed by atoms with E-state index in [0.717, 1.165) is 5.69 Å². The quantitative estimate of drug-likeness (QED) is 0.166. The zero-order chi connectivity index (χ0) is 33.7. The Hall–Kier alpha value is -4.76. The molecular weight excluding hydrogens is 583 g/mol. The van der Waals surface area contributed by atoms with Gasteiger partial charge in [-0.3, -0.25) is 0 Å². The van der Waals surface area contributed by atoms with E-state index in [0.29, 0.717) is 23.7 Å². The minimum absolute atomic E-state index is 0.384. The number of aromatic nitrogens is 1. The summed E-state index contributed by atoms with van der Waals surface area (Å²) in [4.78, 5) is 4.95. The van der Waals surface area contributed by atoms with Crippen LogP contribution in [0.3, 0.4) is 0 Å². The van der Waals surface area contributed by atoms with Crippen molar-refractivity contribution in [1.82, 2.24) is 4.57 Å². The Morgan fingerprint density at radius 2 is 0.771 bits per heavy atom. The minimum atomic E-state index is 0.384. The van der Waals surface area contributed by atoms with Crippen molar-refractivity contribution in [2.75, 3.05) is 9.80 Å². The molecule has 0 unspecified atom stereocenters. The van der Waals surface area contributed by atoms with Gasteiger partial charge in [0.1, 0.15) is 0 Å². The summed E-state index contributed by atoms with van der Waals surface area (Å²) in [6.07, 6.45) is 5.77.